The van der Waals surface area contributed by atoms with E-state index in [9.17, 15) is 14.4 Å². The number of H-pyrrole nitrogens is 1. The average molecular weight is 508 g/mol. The van der Waals surface area contributed by atoms with E-state index in [-0.39, 0.29) is 34.9 Å². The highest BCUT2D eigenvalue weighted by atomic mass is 16.5. The van der Waals surface area contributed by atoms with Crippen LogP contribution in [-0.2, 0) is 9.59 Å². The minimum atomic E-state index is -0.328. The number of piperazine rings is 1. The smallest absolute Gasteiger partial charge is 0.279 e. The number of likely N-dealkylation sites (N-methyl/N-ethyl adjacent to an activating group) is 1. The Hall–Kier alpha value is -3.33. The summed E-state index contributed by atoms with van der Waals surface area (Å²) >= 11 is 0. The van der Waals surface area contributed by atoms with Crippen LogP contribution in [0.2, 0.25) is 0 Å². The first-order valence-corrected chi connectivity index (χ1v) is 13.4. The van der Waals surface area contributed by atoms with Crippen molar-refractivity contribution in [2.24, 2.45) is 0 Å². The molecule has 0 radical (unpaired) electrons. The normalized spacial score (nSPS) is 20.0. The number of ether oxygens (including phenoxy) is 1. The topological polar surface area (TPSA) is 90.9 Å². The maximum atomic E-state index is 14.1. The molecule has 0 atom stereocenters. The van der Waals surface area contributed by atoms with E-state index in [2.05, 4.69) is 17.0 Å². The van der Waals surface area contributed by atoms with Gasteiger partial charge in [0.2, 0.25) is 0 Å². The zero-order chi connectivity index (χ0) is 26.3. The fourth-order valence-corrected chi connectivity index (χ4v) is 5.78. The number of imide groups is 1. The summed E-state index contributed by atoms with van der Waals surface area (Å²) in [6, 6.07) is 7.08. The molecule has 9 nitrogen and oxygen atoms in total. The van der Waals surface area contributed by atoms with Gasteiger partial charge in [0.05, 0.1) is 23.9 Å². The van der Waals surface area contributed by atoms with E-state index in [0.29, 0.717) is 41.5 Å². The number of nitrogens with zero attached hydrogens (tertiary/aromatic N) is 4. The number of rotatable bonds is 6. The molecule has 1 aromatic carbocycles. The summed E-state index contributed by atoms with van der Waals surface area (Å²) < 4.78 is 6.74. The van der Waals surface area contributed by atoms with E-state index < -0.39 is 0 Å². The van der Waals surface area contributed by atoms with Crippen LogP contribution in [0.5, 0.6) is 5.75 Å². The van der Waals surface area contributed by atoms with Crippen LogP contribution in [0.25, 0.3) is 11.3 Å². The first kappa shape index (κ1) is 25.3. The molecule has 1 saturated heterocycles. The Morgan fingerprint density at radius 2 is 1.57 bits per heavy atom. The van der Waals surface area contributed by atoms with Gasteiger partial charge in [0.25, 0.3) is 17.4 Å². The zero-order valence-electron chi connectivity index (χ0n) is 22.2. The van der Waals surface area contributed by atoms with Crippen molar-refractivity contribution in [3.05, 3.63) is 51.6 Å². The molecule has 2 amide bonds. The molecule has 3 heterocycles. The van der Waals surface area contributed by atoms with E-state index in [4.69, 9.17) is 4.74 Å². The van der Waals surface area contributed by atoms with Gasteiger partial charge >= 0.3 is 0 Å². The quantitative estimate of drug-likeness (QED) is 0.605. The highest BCUT2D eigenvalue weighted by Crippen LogP contribution is 2.37. The maximum absolute atomic E-state index is 14.1. The number of methoxy groups -OCH3 is 1. The van der Waals surface area contributed by atoms with Gasteiger partial charge in [0.15, 0.2) is 0 Å². The number of carbonyl (C=O) groups is 2. The summed E-state index contributed by atoms with van der Waals surface area (Å²) in [6.07, 6.45) is 4.78. The van der Waals surface area contributed by atoms with Gasteiger partial charge in [-0.3, -0.25) is 24.4 Å². The minimum Gasteiger partial charge on any atom is -0.497 e. The van der Waals surface area contributed by atoms with E-state index in [1.54, 1.807) is 31.4 Å². The van der Waals surface area contributed by atoms with Crippen LogP contribution in [-0.4, -0.2) is 82.7 Å². The number of nitrogens with one attached hydrogen (secondary N) is 1. The molecule has 1 aliphatic carbocycles. The fraction of sp³-hybridized carbons (Fsp3) is 0.536. The number of carbonyl (C=O) groups excluding carboxylic acids is 2. The minimum absolute atomic E-state index is 0.0601. The van der Waals surface area contributed by atoms with Crippen LogP contribution in [0, 0.1) is 0 Å². The lowest BCUT2D eigenvalue weighted by Crippen LogP contribution is -2.47. The van der Waals surface area contributed by atoms with Crippen molar-refractivity contribution in [2.45, 2.75) is 57.9 Å². The van der Waals surface area contributed by atoms with Crippen LogP contribution >= 0.6 is 0 Å². The Labute approximate surface area is 217 Å². The lowest BCUT2D eigenvalue weighted by atomic mass is 9.94. The average Bonchev–Trinajstić information content (AvgIpc) is 3.37. The van der Waals surface area contributed by atoms with Crippen LogP contribution in [0.4, 0.5) is 0 Å². The number of benzene rings is 1. The Morgan fingerprint density at radius 3 is 2.16 bits per heavy atom. The number of amides is 2. The largest absolute Gasteiger partial charge is 0.497 e. The van der Waals surface area contributed by atoms with Crippen LogP contribution in [0.1, 0.15) is 63.1 Å². The molecule has 0 bridgehead atoms. The van der Waals surface area contributed by atoms with E-state index in [0.717, 1.165) is 45.2 Å². The first-order valence-electron chi connectivity index (χ1n) is 13.4. The monoisotopic (exact) mass is 507 g/mol. The second kappa shape index (κ2) is 10.2. The van der Waals surface area contributed by atoms with E-state index >= 15 is 0 Å². The SMILES string of the molecule is COc1ccc(-n2[nH]c(C(C)C)c(C3=C(N4CCN(C)CC4)C(=O)N(C4CCCCC4)C3=O)c2=O)cc1. The third-order valence-corrected chi connectivity index (χ3v) is 7.93. The molecule has 1 aromatic heterocycles. The molecule has 198 valence electrons. The molecule has 0 unspecified atom stereocenters. The number of hydrogen-bond donors (Lipinski definition) is 1. The summed E-state index contributed by atoms with van der Waals surface area (Å²) in [5, 5.41) is 3.26. The molecule has 2 aromatic rings. The van der Waals surface area contributed by atoms with Crippen molar-refractivity contribution in [1.29, 1.82) is 0 Å². The Morgan fingerprint density at radius 1 is 0.919 bits per heavy atom. The number of hydrogen-bond acceptors (Lipinski definition) is 6. The molecule has 1 N–H and O–H groups in total. The molecular weight excluding hydrogens is 470 g/mol. The Balaban J connectivity index is 1.67. The zero-order valence-corrected chi connectivity index (χ0v) is 22.2. The predicted octanol–water partition coefficient (Wildman–Crippen LogP) is 2.96. The van der Waals surface area contributed by atoms with Crippen LogP contribution in [0.3, 0.4) is 0 Å². The van der Waals surface area contributed by atoms with Crippen molar-refractivity contribution in [2.75, 3.05) is 40.3 Å². The second-order valence-electron chi connectivity index (χ2n) is 10.7. The van der Waals surface area contributed by atoms with Crippen LogP contribution in [0.15, 0.2) is 34.8 Å². The second-order valence-corrected chi connectivity index (χ2v) is 10.7. The van der Waals surface area contributed by atoms with Gasteiger partial charge in [0, 0.05) is 37.9 Å². The molecular formula is C28H37N5O4. The van der Waals surface area contributed by atoms with Crippen molar-refractivity contribution >= 4 is 17.4 Å². The summed E-state index contributed by atoms with van der Waals surface area (Å²) in [7, 11) is 3.65. The third kappa shape index (κ3) is 4.50. The van der Waals surface area contributed by atoms with E-state index in [1.165, 1.54) is 9.58 Å². The molecule has 1 saturated carbocycles. The molecule has 0 spiro atoms. The van der Waals surface area contributed by atoms with Gasteiger partial charge < -0.3 is 14.5 Å². The highest BCUT2D eigenvalue weighted by Gasteiger charge is 2.47. The standard InChI is InChI=1S/C28H37N5O4/c1-18(2)24-22(27(35)33(29-24)20-10-12-21(37-4)13-11-20)23-25(31-16-14-30(3)15-17-31)28(36)32(26(23)34)19-8-6-5-7-9-19/h10-13,18-19,29H,5-9,14-17H2,1-4H3. The van der Waals surface area contributed by atoms with Gasteiger partial charge in [-0.2, -0.15) is 0 Å². The molecule has 3 aliphatic rings. The molecule has 2 aliphatic heterocycles. The van der Waals surface area contributed by atoms with Crippen molar-refractivity contribution in [1.82, 2.24) is 24.5 Å². The lowest BCUT2D eigenvalue weighted by molar-refractivity contribution is -0.141. The van der Waals surface area contributed by atoms with Crippen molar-refractivity contribution < 1.29 is 14.3 Å². The Bertz CT molecular complexity index is 1260. The summed E-state index contributed by atoms with van der Waals surface area (Å²) in [4.78, 5) is 47.8. The van der Waals surface area contributed by atoms with Crippen molar-refractivity contribution in [3.8, 4) is 11.4 Å². The molecule has 9 heteroatoms. The van der Waals surface area contributed by atoms with Crippen LogP contribution < -0.4 is 10.3 Å². The summed E-state index contributed by atoms with van der Waals surface area (Å²) in [5.41, 5.74) is 1.95. The number of aromatic amines is 1. The van der Waals surface area contributed by atoms with Crippen molar-refractivity contribution in [3.63, 3.8) is 0 Å². The van der Waals surface area contributed by atoms with Gasteiger partial charge in [-0.05, 0) is 50.1 Å². The van der Waals surface area contributed by atoms with Gasteiger partial charge in [0.1, 0.15) is 11.4 Å². The first-order chi connectivity index (χ1) is 17.8. The third-order valence-electron chi connectivity index (χ3n) is 7.93. The molecule has 37 heavy (non-hydrogen) atoms. The van der Waals surface area contributed by atoms with E-state index in [1.807, 2.05) is 18.7 Å². The predicted molar refractivity (Wildman–Crippen MR) is 142 cm³/mol. The number of aromatic nitrogens is 2. The lowest BCUT2D eigenvalue weighted by Gasteiger charge is -2.35. The highest BCUT2D eigenvalue weighted by molar-refractivity contribution is 6.35. The fourth-order valence-electron chi connectivity index (χ4n) is 5.78. The molecule has 2 fully saturated rings. The van der Waals surface area contributed by atoms with Gasteiger partial charge in [-0.1, -0.05) is 33.1 Å². The Kier molecular flexibility index (Phi) is 6.98. The summed E-state index contributed by atoms with van der Waals surface area (Å²) in [6.45, 7) is 6.85. The maximum Gasteiger partial charge on any atom is 0.279 e. The van der Waals surface area contributed by atoms with Gasteiger partial charge in [-0.15, -0.1) is 0 Å². The molecule has 5 rings (SSSR count). The van der Waals surface area contributed by atoms with Gasteiger partial charge in [-0.25, -0.2) is 4.68 Å². The summed E-state index contributed by atoms with van der Waals surface area (Å²) in [5.74, 6) is 0.0518.